The lowest BCUT2D eigenvalue weighted by molar-refractivity contribution is 0.573. The molecule has 0 amide bonds. The Hall–Kier alpha value is -1.25. The first kappa shape index (κ1) is 10.3. The second-order valence-corrected chi connectivity index (χ2v) is 4.12. The Labute approximate surface area is 91.5 Å². The lowest BCUT2D eigenvalue weighted by atomic mass is 10.1. The fourth-order valence-corrected chi connectivity index (χ4v) is 2.08. The molecule has 82 valence electrons. The minimum absolute atomic E-state index is 1.09. The number of anilines is 2. The lowest BCUT2D eigenvalue weighted by Gasteiger charge is -2.29. The Morgan fingerprint density at radius 1 is 1.20 bits per heavy atom. The number of hydrogen-bond donors (Lipinski definition) is 1. The maximum Gasteiger partial charge on any atom is 0.152 e. The van der Waals surface area contributed by atoms with Crippen molar-refractivity contribution < 1.29 is 0 Å². The topological polar surface area (TPSA) is 28.2 Å². The molecule has 0 aliphatic carbocycles. The van der Waals surface area contributed by atoms with E-state index in [-0.39, 0.29) is 0 Å². The van der Waals surface area contributed by atoms with E-state index in [1.807, 2.05) is 14.0 Å². The molecule has 1 aromatic rings. The third-order valence-corrected chi connectivity index (χ3v) is 2.94. The molecule has 1 aliphatic rings. The van der Waals surface area contributed by atoms with E-state index < -0.39 is 0 Å². The number of hydrogen-bond acceptors (Lipinski definition) is 3. The van der Waals surface area contributed by atoms with Crippen LogP contribution in [-0.4, -0.2) is 25.1 Å². The Balaban J connectivity index is 2.27. The van der Waals surface area contributed by atoms with E-state index in [2.05, 4.69) is 27.3 Å². The molecule has 1 fully saturated rings. The summed E-state index contributed by atoms with van der Waals surface area (Å²) in [5.41, 5.74) is 2.23. The Morgan fingerprint density at radius 3 is 2.60 bits per heavy atom. The average Bonchev–Trinajstić information content (AvgIpc) is 2.30. The van der Waals surface area contributed by atoms with E-state index in [1.165, 1.54) is 19.3 Å². The molecule has 0 aromatic carbocycles. The van der Waals surface area contributed by atoms with Crippen LogP contribution in [0.4, 0.5) is 11.5 Å². The minimum Gasteiger partial charge on any atom is -0.385 e. The van der Waals surface area contributed by atoms with E-state index in [9.17, 15) is 0 Å². The van der Waals surface area contributed by atoms with Crippen LogP contribution >= 0.6 is 0 Å². The van der Waals surface area contributed by atoms with Crippen molar-refractivity contribution in [3.05, 3.63) is 17.8 Å². The normalized spacial score (nSPS) is 16.5. The van der Waals surface area contributed by atoms with Crippen LogP contribution in [0.5, 0.6) is 0 Å². The number of nitrogens with one attached hydrogen (secondary N) is 1. The van der Waals surface area contributed by atoms with Crippen molar-refractivity contribution in [1.29, 1.82) is 0 Å². The molecule has 1 aliphatic heterocycles. The van der Waals surface area contributed by atoms with Crippen LogP contribution in [-0.2, 0) is 0 Å². The first-order chi connectivity index (χ1) is 7.31. The van der Waals surface area contributed by atoms with Gasteiger partial charge in [-0.3, -0.25) is 0 Å². The van der Waals surface area contributed by atoms with Crippen LogP contribution in [0.1, 0.15) is 25.0 Å². The van der Waals surface area contributed by atoms with Gasteiger partial charge in [-0.1, -0.05) is 0 Å². The summed E-state index contributed by atoms with van der Waals surface area (Å²) in [5, 5.41) is 3.22. The molecule has 15 heavy (non-hydrogen) atoms. The molecular weight excluding hydrogens is 186 g/mol. The van der Waals surface area contributed by atoms with Crippen molar-refractivity contribution in [2.24, 2.45) is 0 Å². The monoisotopic (exact) mass is 205 g/mol. The summed E-state index contributed by atoms with van der Waals surface area (Å²) >= 11 is 0. The lowest BCUT2D eigenvalue weighted by Crippen LogP contribution is -2.30. The zero-order chi connectivity index (χ0) is 10.7. The number of aryl methyl sites for hydroxylation is 1. The van der Waals surface area contributed by atoms with Crippen molar-refractivity contribution in [2.75, 3.05) is 30.4 Å². The van der Waals surface area contributed by atoms with Crippen LogP contribution in [0.15, 0.2) is 12.1 Å². The van der Waals surface area contributed by atoms with E-state index in [4.69, 9.17) is 0 Å². The highest BCUT2D eigenvalue weighted by Gasteiger charge is 2.15. The molecule has 0 spiro atoms. The predicted octanol–water partition coefficient (Wildman–Crippen LogP) is 2.42. The molecule has 1 aromatic heterocycles. The smallest absolute Gasteiger partial charge is 0.152 e. The predicted molar refractivity (Wildman–Crippen MR) is 64.6 cm³/mol. The maximum atomic E-state index is 4.63. The third kappa shape index (κ3) is 2.22. The van der Waals surface area contributed by atoms with E-state index in [0.29, 0.717) is 0 Å². The molecule has 3 heteroatoms. The van der Waals surface area contributed by atoms with Gasteiger partial charge in [-0.25, -0.2) is 4.98 Å². The summed E-state index contributed by atoms with van der Waals surface area (Å²) in [7, 11) is 1.96. The summed E-state index contributed by atoms with van der Waals surface area (Å²) in [6.45, 7) is 4.34. The van der Waals surface area contributed by atoms with Gasteiger partial charge in [0.15, 0.2) is 5.82 Å². The van der Waals surface area contributed by atoms with Gasteiger partial charge in [-0.05, 0) is 38.3 Å². The average molecular weight is 205 g/mol. The number of rotatable bonds is 2. The number of pyridine rings is 1. The molecule has 0 saturated carbocycles. The molecule has 2 heterocycles. The van der Waals surface area contributed by atoms with Crippen molar-refractivity contribution in [3.8, 4) is 0 Å². The van der Waals surface area contributed by atoms with Crippen LogP contribution < -0.4 is 10.2 Å². The van der Waals surface area contributed by atoms with Gasteiger partial charge in [0.2, 0.25) is 0 Å². The highest BCUT2D eigenvalue weighted by Crippen LogP contribution is 2.26. The van der Waals surface area contributed by atoms with Gasteiger partial charge in [0.25, 0.3) is 0 Å². The van der Waals surface area contributed by atoms with Gasteiger partial charge in [0.05, 0.1) is 5.69 Å². The maximum absolute atomic E-state index is 4.63. The van der Waals surface area contributed by atoms with E-state index in [1.54, 1.807) is 0 Å². The molecule has 0 bridgehead atoms. The zero-order valence-corrected chi connectivity index (χ0v) is 9.58. The van der Waals surface area contributed by atoms with Crippen LogP contribution in [0.25, 0.3) is 0 Å². The fourth-order valence-electron chi connectivity index (χ4n) is 2.08. The molecule has 1 saturated heterocycles. The molecule has 0 radical (unpaired) electrons. The summed E-state index contributed by atoms with van der Waals surface area (Å²) in [6, 6.07) is 4.17. The van der Waals surface area contributed by atoms with Crippen molar-refractivity contribution in [2.45, 2.75) is 26.2 Å². The second-order valence-electron chi connectivity index (χ2n) is 4.12. The van der Waals surface area contributed by atoms with Gasteiger partial charge in [0.1, 0.15) is 0 Å². The third-order valence-electron chi connectivity index (χ3n) is 2.94. The highest BCUT2D eigenvalue weighted by atomic mass is 15.2. The zero-order valence-electron chi connectivity index (χ0n) is 9.58. The van der Waals surface area contributed by atoms with Crippen molar-refractivity contribution >= 4 is 11.5 Å². The largest absolute Gasteiger partial charge is 0.385 e. The molecule has 2 rings (SSSR count). The highest BCUT2D eigenvalue weighted by molar-refractivity contribution is 5.65. The van der Waals surface area contributed by atoms with Gasteiger partial charge < -0.3 is 10.2 Å². The molecule has 0 unspecified atom stereocenters. The quantitative estimate of drug-likeness (QED) is 0.803. The van der Waals surface area contributed by atoms with E-state index in [0.717, 1.165) is 30.3 Å². The number of piperidine rings is 1. The van der Waals surface area contributed by atoms with Crippen LogP contribution in [0.2, 0.25) is 0 Å². The van der Waals surface area contributed by atoms with Crippen molar-refractivity contribution in [1.82, 2.24) is 4.98 Å². The summed E-state index contributed by atoms with van der Waals surface area (Å²) < 4.78 is 0. The van der Waals surface area contributed by atoms with Gasteiger partial charge in [0, 0.05) is 25.8 Å². The van der Waals surface area contributed by atoms with Gasteiger partial charge in [-0.2, -0.15) is 0 Å². The Bertz CT molecular complexity index is 330. The van der Waals surface area contributed by atoms with Gasteiger partial charge >= 0.3 is 0 Å². The minimum atomic E-state index is 1.09. The first-order valence-corrected chi connectivity index (χ1v) is 5.71. The molecule has 3 nitrogen and oxygen atoms in total. The Morgan fingerprint density at radius 2 is 1.93 bits per heavy atom. The standard InChI is InChI=1S/C12H19N3/c1-10-6-7-11(13-2)12(14-10)15-8-4-3-5-9-15/h6-7,13H,3-5,8-9H2,1-2H3. The summed E-state index contributed by atoms with van der Waals surface area (Å²) in [5.74, 6) is 1.12. The van der Waals surface area contributed by atoms with Gasteiger partial charge in [-0.15, -0.1) is 0 Å². The Kier molecular flexibility index (Phi) is 3.09. The summed E-state index contributed by atoms with van der Waals surface area (Å²) in [4.78, 5) is 7.02. The molecular formula is C12H19N3. The van der Waals surface area contributed by atoms with Crippen LogP contribution in [0, 0.1) is 6.92 Å². The van der Waals surface area contributed by atoms with E-state index >= 15 is 0 Å². The first-order valence-electron chi connectivity index (χ1n) is 5.71. The fraction of sp³-hybridized carbons (Fsp3) is 0.583. The van der Waals surface area contributed by atoms with Crippen LogP contribution in [0.3, 0.4) is 0 Å². The molecule has 1 N–H and O–H groups in total. The summed E-state index contributed by atoms with van der Waals surface area (Å²) in [6.07, 6.45) is 3.94. The SMILES string of the molecule is CNc1ccc(C)nc1N1CCCCC1. The molecule has 0 atom stereocenters. The number of nitrogens with zero attached hydrogens (tertiary/aromatic N) is 2. The number of aromatic nitrogens is 1. The van der Waals surface area contributed by atoms with Crippen molar-refractivity contribution in [3.63, 3.8) is 0 Å². The second kappa shape index (κ2) is 4.51.